The fourth-order valence-corrected chi connectivity index (χ4v) is 3.27. The van der Waals surface area contributed by atoms with Gasteiger partial charge in [-0.15, -0.1) is 0 Å². The van der Waals surface area contributed by atoms with Gasteiger partial charge in [0.2, 0.25) is 5.78 Å². The van der Waals surface area contributed by atoms with Gasteiger partial charge in [-0.25, -0.2) is 9.97 Å². The van der Waals surface area contributed by atoms with Crippen LogP contribution in [0.5, 0.6) is 0 Å². The zero-order chi connectivity index (χ0) is 16.7. The van der Waals surface area contributed by atoms with Crippen molar-refractivity contribution >= 4 is 11.7 Å². The molecule has 0 saturated carbocycles. The van der Waals surface area contributed by atoms with Crippen LogP contribution in [0.25, 0.3) is 5.78 Å². The summed E-state index contributed by atoms with van der Waals surface area (Å²) in [5, 5.41) is 0. The molecule has 4 rings (SSSR count). The van der Waals surface area contributed by atoms with E-state index >= 15 is 0 Å². The molecule has 4 heterocycles. The van der Waals surface area contributed by atoms with Gasteiger partial charge in [0.25, 0.3) is 11.5 Å². The van der Waals surface area contributed by atoms with E-state index in [-0.39, 0.29) is 17.5 Å². The van der Waals surface area contributed by atoms with Crippen LogP contribution in [0.2, 0.25) is 0 Å². The Kier molecular flexibility index (Phi) is 3.44. The van der Waals surface area contributed by atoms with Crippen molar-refractivity contribution < 1.29 is 9.21 Å². The van der Waals surface area contributed by atoms with Crippen molar-refractivity contribution in [1.29, 1.82) is 0 Å². The van der Waals surface area contributed by atoms with Gasteiger partial charge < -0.3 is 14.3 Å². The molecular weight excluding hydrogens is 310 g/mol. The zero-order valence-corrected chi connectivity index (χ0v) is 13.2. The predicted octanol–water partition coefficient (Wildman–Crippen LogP) is 1.69. The summed E-state index contributed by atoms with van der Waals surface area (Å²) in [7, 11) is 0. The van der Waals surface area contributed by atoms with Gasteiger partial charge in [0.15, 0.2) is 12.1 Å². The molecule has 8 nitrogen and oxygen atoms in total. The normalized spacial score (nSPS) is 18.2. The first-order valence-electron chi connectivity index (χ1n) is 7.92. The third-order valence-corrected chi connectivity index (χ3v) is 4.48. The minimum absolute atomic E-state index is 0.160. The van der Waals surface area contributed by atoms with Gasteiger partial charge in [0, 0.05) is 30.7 Å². The van der Waals surface area contributed by atoms with Gasteiger partial charge in [-0.05, 0) is 26.2 Å². The van der Waals surface area contributed by atoms with Crippen LogP contribution < -0.4 is 5.56 Å². The van der Waals surface area contributed by atoms with E-state index in [0.717, 1.165) is 19.3 Å². The first-order chi connectivity index (χ1) is 11.6. The fraction of sp³-hybridized carbons (Fsp3) is 0.375. The fourth-order valence-electron chi connectivity index (χ4n) is 3.27. The van der Waals surface area contributed by atoms with Crippen molar-refractivity contribution in [3.05, 3.63) is 52.4 Å². The van der Waals surface area contributed by atoms with Crippen LogP contribution in [0.4, 0.5) is 0 Å². The minimum atomic E-state index is -0.197. The van der Waals surface area contributed by atoms with E-state index in [1.807, 2.05) is 0 Å². The molecule has 0 aromatic carbocycles. The number of likely N-dealkylation sites (tertiary alicyclic amines) is 1. The Morgan fingerprint density at radius 2 is 2.25 bits per heavy atom. The maximum atomic E-state index is 12.9. The van der Waals surface area contributed by atoms with Crippen LogP contribution in [-0.2, 0) is 0 Å². The minimum Gasteiger partial charge on any atom is -0.448 e. The molecule has 1 unspecified atom stereocenters. The summed E-state index contributed by atoms with van der Waals surface area (Å²) in [5.74, 6) is 0.810. The molecule has 3 aromatic heterocycles. The molecular formula is C16H17N5O3. The number of aromatic amines is 1. The molecule has 8 heteroatoms. The number of piperidine rings is 1. The number of oxazole rings is 1. The Labute approximate surface area is 137 Å². The average molecular weight is 327 g/mol. The maximum absolute atomic E-state index is 12.9. The quantitative estimate of drug-likeness (QED) is 0.772. The molecule has 1 atom stereocenters. The van der Waals surface area contributed by atoms with E-state index < -0.39 is 0 Å². The summed E-state index contributed by atoms with van der Waals surface area (Å²) < 4.78 is 6.60. The van der Waals surface area contributed by atoms with E-state index in [1.165, 1.54) is 10.8 Å². The number of rotatable bonds is 2. The van der Waals surface area contributed by atoms with Crippen LogP contribution in [0, 0.1) is 6.92 Å². The van der Waals surface area contributed by atoms with Crippen molar-refractivity contribution in [2.24, 2.45) is 0 Å². The number of imidazole rings is 1. The number of hydrogen-bond acceptors (Lipinski definition) is 5. The number of aromatic nitrogens is 4. The van der Waals surface area contributed by atoms with Gasteiger partial charge in [-0.2, -0.15) is 0 Å². The van der Waals surface area contributed by atoms with E-state index in [9.17, 15) is 9.59 Å². The van der Waals surface area contributed by atoms with Gasteiger partial charge in [-0.3, -0.25) is 14.0 Å². The second kappa shape index (κ2) is 5.63. The lowest BCUT2D eigenvalue weighted by atomic mass is 9.98. The lowest BCUT2D eigenvalue weighted by molar-refractivity contribution is 0.0599. The largest absolute Gasteiger partial charge is 0.448 e. The van der Waals surface area contributed by atoms with Crippen LogP contribution >= 0.6 is 0 Å². The first-order valence-corrected chi connectivity index (χ1v) is 7.92. The number of amides is 1. The smallest absolute Gasteiger partial charge is 0.276 e. The topological polar surface area (TPSA) is 96.5 Å². The maximum Gasteiger partial charge on any atom is 0.276 e. The molecule has 1 N–H and O–H groups in total. The van der Waals surface area contributed by atoms with Gasteiger partial charge in [-0.1, -0.05) is 0 Å². The van der Waals surface area contributed by atoms with Crippen LogP contribution in [0.1, 0.15) is 47.2 Å². The second-order valence-corrected chi connectivity index (χ2v) is 5.95. The highest BCUT2D eigenvalue weighted by molar-refractivity contribution is 5.93. The van der Waals surface area contributed by atoms with Crippen molar-refractivity contribution in [2.45, 2.75) is 32.2 Å². The number of nitrogens with one attached hydrogen (secondary N) is 1. The first kappa shape index (κ1) is 14.7. The Morgan fingerprint density at radius 1 is 1.38 bits per heavy atom. The predicted molar refractivity (Wildman–Crippen MR) is 84.7 cm³/mol. The number of H-pyrrole nitrogens is 1. The summed E-state index contributed by atoms with van der Waals surface area (Å²) in [6, 6.07) is 1.34. The lowest BCUT2D eigenvalue weighted by Gasteiger charge is -2.35. The average Bonchev–Trinajstić information content (AvgIpc) is 3.23. The summed E-state index contributed by atoms with van der Waals surface area (Å²) in [5.41, 5.74) is 0.867. The number of nitrogens with zero attached hydrogens (tertiary/aromatic N) is 4. The molecule has 0 aliphatic carbocycles. The molecule has 0 spiro atoms. The highest BCUT2D eigenvalue weighted by Gasteiger charge is 2.31. The second-order valence-electron chi connectivity index (χ2n) is 5.95. The van der Waals surface area contributed by atoms with E-state index in [0.29, 0.717) is 29.5 Å². The highest BCUT2D eigenvalue weighted by atomic mass is 16.3. The Morgan fingerprint density at radius 3 is 3.04 bits per heavy atom. The summed E-state index contributed by atoms with van der Waals surface area (Å²) in [4.78, 5) is 38.2. The Hall–Kier alpha value is -2.90. The van der Waals surface area contributed by atoms with Crippen molar-refractivity contribution in [3.63, 3.8) is 0 Å². The van der Waals surface area contributed by atoms with E-state index in [2.05, 4.69) is 15.0 Å². The zero-order valence-electron chi connectivity index (χ0n) is 13.2. The molecule has 1 amide bonds. The number of carbonyl (C=O) groups is 1. The Bertz CT molecular complexity index is 954. The lowest BCUT2D eigenvalue weighted by Crippen LogP contribution is -2.39. The molecule has 1 aliphatic heterocycles. The Balaban J connectivity index is 1.74. The van der Waals surface area contributed by atoms with Gasteiger partial charge in [0.1, 0.15) is 5.76 Å². The third-order valence-electron chi connectivity index (χ3n) is 4.48. The van der Waals surface area contributed by atoms with Crippen LogP contribution in [-0.4, -0.2) is 36.7 Å². The molecule has 0 radical (unpaired) electrons. The van der Waals surface area contributed by atoms with Crippen molar-refractivity contribution in [1.82, 2.24) is 24.3 Å². The molecule has 1 fully saturated rings. The molecule has 124 valence electrons. The molecule has 3 aromatic rings. The highest BCUT2D eigenvalue weighted by Crippen LogP contribution is 2.31. The number of carbonyl (C=O) groups excluding carboxylic acids is 1. The number of hydrogen-bond donors (Lipinski definition) is 1. The monoisotopic (exact) mass is 327 g/mol. The van der Waals surface area contributed by atoms with Crippen LogP contribution in [0.3, 0.4) is 0 Å². The van der Waals surface area contributed by atoms with Gasteiger partial charge in [0.05, 0.1) is 6.04 Å². The summed E-state index contributed by atoms with van der Waals surface area (Å²) >= 11 is 0. The molecule has 0 bridgehead atoms. The van der Waals surface area contributed by atoms with Gasteiger partial charge >= 0.3 is 0 Å². The van der Waals surface area contributed by atoms with Crippen LogP contribution in [0.15, 0.2) is 34.1 Å². The van der Waals surface area contributed by atoms with E-state index in [1.54, 1.807) is 30.3 Å². The summed E-state index contributed by atoms with van der Waals surface area (Å²) in [6.45, 7) is 2.34. The van der Waals surface area contributed by atoms with E-state index in [4.69, 9.17) is 4.42 Å². The third kappa shape index (κ3) is 2.31. The van der Waals surface area contributed by atoms with Crippen molar-refractivity contribution in [3.8, 4) is 0 Å². The standard InChI is InChI=1S/C16H17N5O3/c1-10-14(18-9-24-10)15(23)20-6-3-2-4-12(20)11-8-13(22)21-7-5-17-16(21)19-11/h5,7-9,12H,2-4,6H2,1H3,(H,17,19). The molecule has 24 heavy (non-hydrogen) atoms. The summed E-state index contributed by atoms with van der Waals surface area (Å²) in [6.07, 6.45) is 7.17. The molecule has 1 aliphatic rings. The SMILES string of the molecule is Cc1ocnc1C(=O)N1CCCCC1c1cc(=O)n2ccnc2[nH]1. The van der Waals surface area contributed by atoms with Crippen molar-refractivity contribution in [2.75, 3.05) is 6.54 Å². The molecule has 1 saturated heterocycles. The number of fused-ring (bicyclic) bond motifs is 1. The number of aryl methyl sites for hydroxylation is 1.